The summed E-state index contributed by atoms with van der Waals surface area (Å²) in [4.78, 5) is 19.3. The van der Waals surface area contributed by atoms with E-state index in [4.69, 9.17) is 32.5 Å². The minimum Gasteiger partial charge on any atom is -0.493 e. The van der Waals surface area contributed by atoms with E-state index in [0.717, 1.165) is 17.7 Å². The Morgan fingerprint density at radius 2 is 2.12 bits per heavy atom. The van der Waals surface area contributed by atoms with Gasteiger partial charge in [-0.25, -0.2) is 9.78 Å². The number of benzene rings is 2. The number of rotatable bonds is 6. The first-order chi connectivity index (χ1) is 16.0. The van der Waals surface area contributed by atoms with Crippen LogP contribution in [-0.2, 0) is 6.54 Å². The van der Waals surface area contributed by atoms with Gasteiger partial charge in [-0.2, -0.15) is 0 Å². The van der Waals surface area contributed by atoms with E-state index < -0.39 is 5.97 Å². The standard InChI is InChI=1S/C26H23ClN2O4/c1-4-10-33-25-20(27)12-16(13-22(25)32-3)11-17-14-29(5-2)15-19-23(26(30)31)18-8-6-7-9-21(18)28-24(17)19/h1,6-9,11-13H,5,10,14-15H2,2-3H3,(H,30,31). The van der Waals surface area contributed by atoms with Gasteiger partial charge in [0, 0.05) is 24.0 Å². The molecular weight excluding hydrogens is 440 g/mol. The number of carboxylic acid groups (broad SMARTS) is 1. The van der Waals surface area contributed by atoms with E-state index in [2.05, 4.69) is 17.7 Å². The van der Waals surface area contributed by atoms with Crippen molar-refractivity contribution in [3.63, 3.8) is 0 Å². The fourth-order valence-corrected chi connectivity index (χ4v) is 4.40. The predicted molar refractivity (Wildman–Crippen MR) is 130 cm³/mol. The molecule has 33 heavy (non-hydrogen) atoms. The molecule has 0 bridgehead atoms. The van der Waals surface area contributed by atoms with Crippen molar-refractivity contribution in [3.05, 3.63) is 63.8 Å². The van der Waals surface area contributed by atoms with Crippen molar-refractivity contribution >= 4 is 40.1 Å². The maximum absolute atomic E-state index is 12.3. The lowest BCUT2D eigenvalue weighted by Crippen LogP contribution is -2.31. The second-order valence-corrected chi connectivity index (χ2v) is 8.04. The highest BCUT2D eigenvalue weighted by molar-refractivity contribution is 6.32. The Kier molecular flexibility index (Phi) is 6.55. The van der Waals surface area contributed by atoms with Crippen molar-refractivity contribution in [1.29, 1.82) is 0 Å². The molecule has 1 aromatic heterocycles. The third-order valence-electron chi connectivity index (χ3n) is 5.63. The minimum absolute atomic E-state index is 0.0737. The van der Waals surface area contributed by atoms with Crippen LogP contribution in [0.25, 0.3) is 22.6 Å². The molecule has 0 spiro atoms. The van der Waals surface area contributed by atoms with Gasteiger partial charge >= 0.3 is 5.97 Å². The Balaban J connectivity index is 1.91. The van der Waals surface area contributed by atoms with Gasteiger partial charge in [0.05, 0.1) is 28.9 Å². The Morgan fingerprint density at radius 3 is 2.82 bits per heavy atom. The number of hydrogen-bond acceptors (Lipinski definition) is 5. The summed E-state index contributed by atoms with van der Waals surface area (Å²) in [7, 11) is 1.53. The lowest BCUT2D eigenvalue weighted by atomic mass is 9.92. The number of aromatic nitrogens is 1. The van der Waals surface area contributed by atoms with Gasteiger partial charge in [-0.3, -0.25) is 4.90 Å². The molecule has 4 rings (SSSR count). The fourth-order valence-electron chi connectivity index (χ4n) is 4.13. The molecule has 0 atom stereocenters. The van der Waals surface area contributed by atoms with Crippen LogP contribution in [-0.4, -0.2) is 47.8 Å². The minimum atomic E-state index is -0.957. The van der Waals surface area contributed by atoms with E-state index in [1.165, 1.54) is 7.11 Å². The summed E-state index contributed by atoms with van der Waals surface area (Å²) in [6.07, 6.45) is 7.26. The summed E-state index contributed by atoms with van der Waals surface area (Å²) < 4.78 is 11.0. The van der Waals surface area contributed by atoms with Crippen LogP contribution < -0.4 is 9.47 Å². The van der Waals surface area contributed by atoms with Gasteiger partial charge in [0.2, 0.25) is 0 Å². The van der Waals surface area contributed by atoms with Crippen LogP contribution in [0.4, 0.5) is 0 Å². The van der Waals surface area contributed by atoms with Gasteiger partial charge in [-0.1, -0.05) is 42.6 Å². The van der Waals surface area contributed by atoms with Gasteiger partial charge < -0.3 is 14.6 Å². The van der Waals surface area contributed by atoms with Crippen LogP contribution in [0.1, 0.15) is 34.1 Å². The summed E-state index contributed by atoms with van der Waals surface area (Å²) >= 11 is 6.46. The summed E-state index contributed by atoms with van der Waals surface area (Å²) in [5, 5.41) is 11.1. The molecule has 0 fully saturated rings. The van der Waals surface area contributed by atoms with Gasteiger partial charge in [0.15, 0.2) is 11.5 Å². The third kappa shape index (κ3) is 4.38. The number of nitrogens with zero attached hydrogens (tertiary/aromatic N) is 2. The molecule has 6 nitrogen and oxygen atoms in total. The van der Waals surface area contributed by atoms with Crippen LogP contribution in [0.15, 0.2) is 36.4 Å². The lowest BCUT2D eigenvalue weighted by Gasteiger charge is -2.30. The highest BCUT2D eigenvalue weighted by Crippen LogP contribution is 2.39. The Bertz CT molecular complexity index is 1310. The van der Waals surface area contributed by atoms with Crippen molar-refractivity contribution in [3.8, 4) is 23.8 Å². The molecule has 0 unspecified atom stereocenters. The number of carbonyl (C=O) groups is 1. The molecule has 7 heteroatoms. The number of carboxylic acids is 1. The SMILES string of the molecule is C#CCOc1c(Cl)cc(C=C2CN(CC)Cc3c2nc2ccccc2c3C(=O)O)cc1OC. The highest BCUT2D eigenvalue weighted by atomic mass is 35.5. The summed E-state index contributed by atoms with van der Waals surface area (Å²) in [6, 6.07) is 10.9. The summed E-state index contributed by atoms with van der Waals surface area (Å²) in [5.41, 5.74) is 4.05. The molecule has 2 aromatic carbocycles. The molecule has 0 saturated heterocycles. The maximum atomic E-state index is 12.3. The van der Waals surface area contributed by atoms with Crippen LogP contribution in [0, 0.1) is 12.3 Å². The van der Waals surface area contributed by atoms with Crippen LogP contribution in [0.5, 0.6) is 11.5 Å². The fraction of sp³-hybridized carbons (Fsp3) is 0.231. The predicted octanol–water partition coefficient (Wildman–Crippen LogP) is 4.98. The number of likely N-dealkylation sites (N-methyl/N-ethyl adjacent to an activating group) is 1. The van der Waals surface area contributed by atoms with Crippen molar-refractivity contribution in [2.45, 2.75) is 13.5 Å². The number of methoxy groups -OCH3 is 1. The monoisotopic (exact) mass is 462 g/mol. The van der Waals surface area contributed by atoms with E-state index in [0.29, 0.717) is 57.3 Å². The maximum Gasteiger partial charge on any atom is 0.336 e. The van der Waals surface area contributed by atoms with Crippen LogP contribution >= 0.6 is 11.6 Å². The number of terminal acetylenes is 1. The number of hydrogen-bond donors (Lipinski definition) is 1. The zero-order valence-corrected chi connectivity index (χ0v) is 19.1. The zero-order valence-electron chi connectivity index (χ0n) is 18.4. The average Bonchev–Trinajstić information content (AvgIpc) is 2.81. The lowest BCUT2D eigenvalue weighted by molar-refractivity contribution is 0.0696. The quantitative estimate of drug-likeness (QED) is 0.521. The molecule has 0 radical (unpaired) electrons. The molecule has 3 aromatic rings. The summed E-state index contributed by atoms with van der Waals surface area (Å²) in [5.74, 6) is 2.31. The molecule has 0 aliphatic carbocycles. The van der Waals surface area contributed by atoms with Crippen molar-refractivity contribution < 1.29 is 19.4 Å². The first-order valence-electron chi connectivity index (χ1n) is 10.5. The van der Waals surface area contributed by atoms with E-state index >= 15 is 0 Å². The van der Waals surface area contributed by atoms with Crippen molar-refractivity contribution in [1.82, 2.24) is 9.88 Å². The van der Waals surface area contributed by atoms with Gasteiger partial charge in [-0.05, 0) is 42.0 Å². The second-order valence-electron chi connectivity index (χ2n) is 7.64. The largest absolute Gasteiger partial charge is 0.493 e. The molecule has 0 amide bonds. The first kappa shape index (κ1) is 22.7. The third-order valence-corrected chi connectivity index (χ3v) is 5.91. The number of pyridine rings is 1. The van der Waals surface area contributed by atoms with E-state index in [-0.39, 0.29) is 6.61 Å². The Labute approximate surface area is 197 Å². The molecular formula is C26H23ClN2O4. The van der Waals surface area contributed by atoms with Gasteiger partial charge in [0.25, 0.3) is 0 Å². The molecule has 0 saturated carbocycles. The van der Waals surface area contributed by atoms with Crippen LogP contribution in [0.2, 0.25) is 5.02 Å². The highest BCUT2D eigenvalue weighted by Gasteiger charge is 2.28. The number of ether oxygens (including phenoxy) is 2. The average molecular weight is 463 g/mol. The molecule has 1 aliphatic heterocycles. The van der Waals surface area contributed by atoms with Crippen molar-refractivity contribution in [2.24, 2.45) is 0 Å². The van der Waals surface area contributed by atoms with Crippen molar-refractivity contribution in [2.75, 3.05) is 26.8 Å². The first-order valence-corrected chi connectivity index (χ1v) is 10.9. The zero-order chi connectivity index (χ0) is 23.5. The smallest absolute Gasteiger partial charge is 0.336 e. The topological polar surface area (TPSA) is 71.9 Å². The Morgan fingerprint density at radius 1 is 1.33 bits per heavy atom. The Hall–Kier alpha value is -3.53. The normalized spacial score (nSPS) is 14.7. The van der Waals surface area contributed by atoms with E-state index in [1.54, 1.807) is 12.1 Å². The number of halogens is 1. The second kappa shape index (κ2) is 9.53. The van der Waals surface area contributed by atoms with Gasteiger partial charge in [0.1, 0.15) is 6.61 Å². The van der Waals surface area contributed by atoms with E-state index in [9.17, 15) is 9.90 Å². The molecule has 1 N–H and O–H groups in total. The van der Waals surface area contributed by atoms with E-state index in [1.807, 2.05) is 30.3 Å². The van der Waals surface area contributed by atoms with Crippen LogP contribution in [0.3, 0.4) is 0 Å². The molecule has 2 heterocycles. The molecule has 168 valence electrons. The number of aromatic carboxylic acids is 1. The number of fused-ring (bicyclic) bond motifs is 2. The summed E-state index contributed by atoms with van der Waals surface area (Å²) in [6.45, 7) is 4.04. The number of para-hydroxylation sites is 1. The molecule has 1 aliphatic rings. The van der Waals surface area contributed by atoms with Gasteiger partial charge in [-0.15, -0.1) is 6.42 Å².